The van der Waals surface area contributed by atoms with Crippen molar-refractivity contribution in [1.29, 1.82) is 0 Å². The lowest BCUT2D eigenvalue weighted by atomic mass is 9.88. The van der Waals surface area contributed by atoms with Gasteiger partial charge in [-0.05, 0) is 57.9 Å². The summed E-state index contributed by atoms with van der Waals surface area (Å²) in [7, 11) is 1.56. The first-order valence-corrected chi connectivity index (χ1v) is 9.19. The van der Waals surface area contributed by atoms with Gasteiger partial charge in [0.2, 0.25) is 11.4 Å². The van der Waals surface area contributed by atoms with Gasteiger partial charge in [0.25, 0.3) is 5.91 Å². The second-order valence-corrected chi connectivity index (χ2v) is 7.73. The molecule has 1 aliphatic heterocycles. The number of esters is 1. The number of hydrogen-bond donors (Lipinski definition) is 1. The van der Waals surface area contributed by atoms with Gasteiger partial charge < -0.3 is 19.7 Å². The molecule has 0 saturated heterocycles. The molecule has 1 aliphatic rings. The van der Waals surface area contributed by atoms with E-state index in [0.29, 0.717) is 11.3 Å². The van der Waals surface area contributed by atoms with E-state index in [0.717, 1.165) is 5.56 Å². The molecule has 1 unspecified atom stereocenters. The van der Waals surface area contributed by atoms with Crippen LogP contribution in [0.4, 0.5) is 0 Å². The van der Waals surface area contributed by atoms with Crippen molar-refractivity contribution in [2.75, 3.05) is 13.7 Å². The third-order valence-electron chi connectivity index (χ3n) is 4.47. The van der Waals surface area contributed by atoms with Crippen molar-refractivity contribution in [3.05, 3.63) is 41.5 Å². The molecular weight excluding hydrogens is 360 g/mol. The van der Waals surface area contributed by atoms with Crippen LogP contribution in [-0.2, 0) is 25.7 Å². The first-order valence-electron chi connectivity index (χ1n) is 9.19. The van der Waals surface area contributed by atoms with Crippen molar-refractivity contribution in [2.45, 2.75) is 52.2 Å². The molecule has 0 aliphatic carbocycles. The molecule has 1 aromatic rings. The van der Waals surface area contributed by atoms with E-state index < -0.39 is 28.9 Å². The maximum absolute atomic E-state index is 13.3. The summed E-state index contributed by atoms with van der Waals surface area (Å²) in [6.45, 7) is 8.88. The average Bonchev–Trinajstić information content (AvgIpc) is 2.85. The van der Waals surface area contributed by atoms with Gasteiger partial charge in [-0.15, -0.1) is 0 Å². The summed E-state index contributed by atoms with van der Waals surface area (Å²) in [5.74, 6) is -1.07. The minimum atomic E-state index is -1.83. The van der Waals surface area contributed by atoms with Gasteiger partial charge in [0.1, 0.15) is 5.75 Å². The fourth-order valence-corrected chi connectivity index (χ4v) is 3.19. The number of amides is 2. The number of nitrogens with one attached hydrogen (secondary N) is 1. The lowest BCUT2D eigenvalue weighted by Gasteiger charge is -2.38. The SMILES string of the molecule is CCOC(=O)C1(C(=O)NC(C)(C)C)C(C)=CC(=O)N1Cc1ccc(OC)cc1. The van der Waals surface area contributed by atoms with E-state index in [9.17, 15) is 14.4 Å². The van der Waals surface area contributed by atoms with Crippen molar-refractivity contribution >= 4 is 17.8 Å². The van der Waals surface area contributed by atoms with Crippen molar-refractivity contribution in [3.8, 4) is 5.75 Å². The molecule has 0 radical (unpaired) electrons. The number of methoxy groups -OCH3 is 1. The van der Waals surface area contributed by atoms with Crippen molar-refractivity contribution in [2.24, 2.45) is 0 Å². The standard InChI is InChI=1S/C21H28N2O5/c1-7-28-19(26)21(18(25)22-20(3,4)5)14(2)12-17(24)23(21)13-15-8-10-16(27-6)11-9-15/h8-12H,7,13H2,1-6H3,(H,22,25). The highest BCUT2D eigenvalue weighted by Gasteiger charge is 2.59. The van der Waals surface area contributed by atoms with Gasteiger partial charge in [0, 0.05) is 18.2 Å². The molecule has 2 amide bonds. The van der Waals surface area contributed by atoms with Crippen LogP contribution in [0.3, 0.4) is 0 Å². The maximum Gasteiger partial charge on any atom is 0.346 e. The fraction of sp³-hybridized carbons (Fsp3) is 0.476. The predicted molar refractivity (Wildman–Crippen MR) is 105 cm³/mol. The molecule has 7 nitrogen and oxygen atoms in total. The predicted octanol–water partition coefficient (Wildman–Crippen LogP) is 2.20. The topological polar surface area (TPSA) is 84.9 Å². The zero-order chi connectivity index (χ0) is 21.1. The number of ether oxygens (including phenoxy) is 2. The second-order valence-electron chi connectivity index (χ2n) is 7.73. The summed E-state index contributed by atoms with van der Waals surface area (Å²) < 4.78 is 10.4. The van der Waals surface area contributed by atoms with Crippen LogP contribution in [0.1, 0.15) is 40.2 Å². The molecule has 0 spiro atoms. The molecule has 0 saturated carbocycles. The Balaban J connectivity index is 2.50. The molecule has 2 rings (SSSR count). The van der Waals surface area contributed by atoms with E-state index in [2.05, 4.69) is 5.32 Å². The van der Waals surface area contributed by atoms with Gasteiger partial charge in [0.05, 0.1) is 13.7 Å². The highest BCUT2D eigenvalue weighted by Crippen LogP contribution is 2.35. The molecule has 0 aromatic heterocycles. The maximum atomic E-state index is 13.3. The zero-order valence-electron chi connectivity index (χ0n) is 17.3. The van der Waals surface area contributed by atoms with Crippen molar-refractivity contribution < 1.29 is 23.9 Å². The first-order chi connectivity index (χ1) is 13.1. The Morgan fingerprint density at radius 3 is 2.29 bits per heavy atom. The van der Waals surface area contributed by atoms with E-state index in [-0.39, 0.29) is 13.2 Å². The Morgan fingerprint density at radius 1 is 1.18 bits per heavy atom. The molecule has 1 aromatic carbocycles. The monoisotopic (exact) mass is 388 g/mol. The number of rotatable bonds is 6. The Kier molecular flexibility index (Phi) is 6.17. The van der Waals surface area contributed by atoms with Gasteiger partial charge in [-0.25, -0.2) is 4.79 Å². The van der Waals surface area contributed by atoms with Crippen LogP contribution < -0.4 is 10.1 Å². The third kappa shape index (κ3) is 4.03. The highest BCUT2D eigenvalue weighted by atomic mass is 16.5. The molecule has 152 valence electrons. The molecule has 28 heavy (non-hydrogen) atoms. The second kappa shape index (κ2) is 8.04. The van der Waals surface area contributed by atoms with E-state index in [1.807, 2.05) is 20.8 Å². The largest absolute Gasteiger partial charge is 0.497 e. The molecule has 0 bridgehead atoms. The Labute approximate surface area is 165 Å². The number of nitrogens with zero attached hydrogens (tertiary/aromatic N) is 1. The van der Waals surface area contributed by atoms with Gasteiger partial charge in [0.15, 0.2) is 0 Å². The van der Waals surface area contributed by atoms with Crippen LogP contribution in [0.5, 0.6) is 5.75 Å². The Morgan fingerprint density at radius 2 is 1.79 bits per heavy atom. The third-order valence-corrected chi connectivity index (χ3v) is 4.47. The van der Waals surface area contributed by atoms with Crippen LogP contribution in [-0.4, -0.2) is 47.5 Å². The van der Waals surface area contributed by atoms with Gasteiger partial charge in [-0.1, -0.05) is 12.1 Å². The van der Waals surface area contributed by atoms with Gasteiger partial charge in [-0.3, -0.25) is 9.59 Å². The minimum absolute atomic E-state index is 0.0764. The van der Waals surface area contributed by atoms with Crippen LogP contribution in [0.15, 0.2) is 35.9 Å². The summed E-state index contributed by atoms with van der Waals surface area (Å²) in [6, 6.07) is 7.10. The number of hydrogen-bond acceptors (Lipinski definition) is 5. The van der Waals surface area contributed by atoms with E-state index in [4.69, 9.17) is 9.47 Å². The van der Waals surface area contributed by atoms with Gasteiger partial charge >= 0.3 is 5.97 Å². The molecular formula is C21H28N2O5. The summed E-state index contributed by atoms with van der Waals surface area (Å²) >= 11 is 0. The number of carbonyl (C=O) groups excluding carboxylic acids is 3. The summed E-state index contributed by atoms with van der Waals surface area (Å²) in [4.78, 5) is 40.3. The van der Waals surface area contributed by atoms with E-state index in [1.165, 1.54) is 11.0 Å². The van der Waals surface area contributed by atoms with E-state index in [1.54, 1.807) is 45.2 Å². The summed E-state index contributed by atoms with van der Waals surface area (Å²) in [6.07, 6.45) is 1.32. The number of benzene rings is 1. The van der Waals surface area contributed by atoms with Crippen LogP contribution in [0.2, 0.25) is 0 Å². The lowest BCUT2D eigenvalue weighted by molar-refractivity contribution is -0.164. The minimum Gasteiger partial charge on any atom is -0.497 e. The number of carbonyl (C=O) groups is 3. The highest BCUT2D eigenvalue weighted by molar-refractivity contribution is 6.17. The zero-order valence-corrected chi connectivity index (χ0v) is 17.3. The molecule has 1 atom stereocenters. The Hall–Kier alpha value is -2.83. The van der Waals surface area contributed by atoms with Crippen LogP contribution >= 0.6 is 0 Å². The Bertz CT molecular complexity index is 792. The quantitative estimate of drug-likeness (QED) is 0.597. The first kappa shape index (κ1) is 21.5. The molecule has 1 heterocycles. The normalized spacial score (nSPS) is 19.3. The van der Waals surface area contributed by atoms with Crippen molar-refractivity contribution in [3.63, 3.8) is 0 Å². The van der Waals surface area contributed by atoms with E-state index >= 15 is 0 Å². The molecule has 7 heteroatoms. The average molecular weight is 388 g/mol. The molecule has 1 N–H and O–H groups in total. The summed E-state index contributed by atoms with van der Waals surface area (Å²) in [5.41, 5.74) is -1.32. The van der Waals surface area contributed by atoms with Crippen molar-refractivity contribution in [1.82, 2.24) is 10.2 Å². The summed E-state index contributed by atoms with van der Waals surface area (Å²) in [5, 5.41) is 2.83. The molecule has 0 fully saturated rings. The fourth-order valence-electron chi connectivity index (χ4n) is 3.19. The van der Waals surface area contributed by atoms with Crippen LogP contribution in [0, 0.1) is 0 Å². The lowest BCUT2D eigenvalue weighted by Crippen LogP contribution is -2.65. The van der Waals surface area contributed by atoms with Gasteiger partial charge in [-0.2, -0.15) is 0 Å². The van der Waals surface area contributed by atoms with Crippen LogP contribution in [0.25, 0.3) is 0 Å². The smallest absolute Gasteiger partial charge is 0.346 e.